The molecule has 18 heavy (non-hydrogen) atoms. The van der Waals surface area contributed by atoms with Gasteiger partial charge in [0.2, 0.25) is 5.92 Å². The standard InChI is InChI=1S/C11H11F5N2/c12-10(13)4-9(5-10,6-17)7-1-2-8(18-3-7)11(14,15)16/h1-3H,4-6,17H2. The topological polar surface area (TPSA) is 38.9 Å². The Morgan fingerprint density at radius 2 is 1.83 bits per heavy atom. The monoisotopic (exact) mass is 266 g/mol. The second-order valence-corrected chi connectivity index (χ2v) is 4.62. The molecule has 1 aromatic rings. The number of rotatable bonds is 2. The molecule has 1 aliphatic carbocycles. The van der Waals surface area contributed by atoms with Crippen molar-refractivity contribution >= 4 is 0 Å². The van der Waals surface area contributed by atoms with Crippen molar-refractivity contribution in [3.63, 3.8) is 0 Å². The fraction of sp³-hybridized carbons (Fsp3) is 0.545. The molecular weight excluding hydrogens is 255 g/mol. The van der Waals surface area contributed by atoms with Gasteiger partial charge in [-0.05, 0) is 11.6 Å². The molecule has 0 atom stereocenters. The number of nitrogens with two attached hydrogens (primary N) is 1. The number of hydrogen-bond acceptors (Lipinski definition) is 2. The molecular formula is C11H11F5N2. The average molecular weight is 266 g/mol. The Balaban J connectivity index is 2.25. The zero-order chi connectivity index (χ0) is 13.6. The van der Waals surface area contributed by atoms with Crippen LogP contribution in [0.2, 0.25) is 0 Å². The van der Waals surface area contributed by atoms with Crippen LogP contribution in [0.4, 0.5) is 22.0 Å². The SMILES string of the molecule is NCC1(c2ccc(C(F)(F)F)nc2)CC(F)(F)C1. The summed E-state index contributed by atoms with van der Waals surface area (Å²) in [6, 6.07) is 1.97. The molecule has 2 N–H and O–H groups in total. The summed E-state index contributed by atoms with van der Waals surface area (Å²) in [7, 11) is 0. The van der Waals surface area contributed by atoms with Crippen LogP contribution in [0.3, 0.4) is 0 Å². The highest BCUT2D eigenvalue weighted by Gasteiger charge is 2.56. The van der Waals surface area contributed by atoms with Crippen LogP contribution in [0.15, 0.2) is 18.3 Å². The van der Waals surface area contributed by atoms with Gasteiger partial charge in [0.1, 0.15) is 5.69 Å². The Morgan fingerprint density at radius 1 is 1.22 bits per heavy atom. The maximum Gasteiger partial charge on any atom is 0.433 e. The van der Waals surface area contributed by atoms with Gasteiger partial charge in [0.25, 0.3) is 0 Å². The van der Waals surface area contributed by atoms with Gasteiger partial charge >= 0.3 is 6.18 Å². The lowest BCUT2D eigenvalue weighted by atomic mass is 9.62. The first-order valence-electron chi connectivity index (χ1n) is 5.30. The largest absolute Gasteiger partial charge is 0.433 e. The van der Waals surface area contributed by atoms with Crippen molar-refractivity contribution in [3.05, 3.63) is 29.6 Å². The third kappa shape index (κ3) is 2.19. The van der Waals surface area contributed by atoms with E-state index < -0.39 is 36.0 Å². The van der Waals surface area contributed by atoms with Gasteiger partial charge in [-0.3, -0.25) is 4.98 Å². The molecule has 0 radical (unpaired) electrons. The maximum absolute atomic E-state index is 12.9. The zero-order valence-corrected chi connectivity index (χ0v) is 9.27. The molecule has 1 aromatic heterocycles. The summed E-state index contributed by atoms with van der Waals surface area (Å²) in [6.45, 7) is -0.0321. The molecule has 0 unspecified atom stereocenters. The van der Waals surface area contributed by atoms with Crippen molar-refractivity contribution in [2.24, 2.45) is 5.73 Å². The lowest BCUT2D eigenvalue weighted by Gasteiger charge is -2.47. The molecule has 0 amide bonds. The summed E-state index contributed by atoms with van der Waals surface area (Å²) < 4.78 is 62.8. The van der Waals surface area contributed by atoms with E-state index in [1.54, 1.807) is 0 Å². The highest BCUT2D eigenvalue weighted by atomic mass is 19.4. The fourth-order valence-corrected chi connectivity index (χ4v) is 2.28. The van der Waals surface area contributed by atoms with Crippen LogP contribution in [0.1, 0.15) is 24.1 Å². The van der Waals surface area contributed by atoms with Crippen molar-refractivity contribution in [2.45, 2.75) is 30.4 Å². The van der Waals surface area contributed by atoms with Crippen molar-refractivity contribution < 1.29 is 22.0 Å². The van der Waals surface area contributed by atoms with Crippen LogP contribution >= 0.6 is 0 Å². The first-order valence-corrected chi connectivity index (χ1v) is 5.30. The molecule has 1 heterocycles. The Labute approximate surface area is 100 Å². The number of halogens is 5. The molecule has 1 saturated carbocycles. The summed E-state index contributed by atoms with van der Waals surface area (Å²) >= 11 is 0. The van der Waals surface area contributed by atoms with E-state index in [0.29, 0.717) is 5.56 Å². The van der Waals surface area contributed by atoms with Crippen molar-refractivity contribution in [1.82, 2.24) is 4.98 Å². The molecule has 100 valence electrons. The first kappa shape index (κ1) is 13.2. The molecule has 0 aromatic carbocycles. The predicted molar refractivity (Wildman–Crippen MR) is 54.2 cm³/mol. The second-order valence-electron chi connectivity index (χ2n) is 4.62. The minimum absolute atomic E-state index is 0.0321. The normalized spacial score (nSPS) is 21.4. The minimum Gasteiger partial charge on any atom is -0.330 e. The number of hydrogen-bond donors (Lipinski definition) is 1. The molecule has 0 saturated heterocycles. The highest BCUT2D eigenvalue weighted by molar-refractivity contribution is 5.30. The number of aromatic nitrogens is 1. The quantitative estimate of drug-likeness (QED) is 0.836. The minimum atomic E-state index is -4.53. The lowest BCUT2D eigenvalue weighted by molar-refractivity contribution is -0.141. The fourth-order valence-electron chi connectivity index (χ4n) is 2.28. The lowest BCUT2D eigenvalue weighted by Crippen LogP contribution is -2.53. The van der Waals surface area contributed by atoms with Crippen molar-refractivity contribution in [1.29, 1.82) is 0 Å². The van der Waals surface area contributed by atoms with Gasteiger partial charge in [-0.1, -0.05) is 6.07 Å². The molecule has 0 spiro atoms. The third-order valence-electron chi connectivity index (χ3n) is 3.25. The van der Waals surface area contributed by atoms with Crippen LogP contribution in [-0.2, 0) is 11.6 Å². The molecule has 0 bridgehead atoms. The maximum atomic E-state index is 12.9. The van der Waals surface area contributed by atoms with Gasteiger partial charge in [-0.2, -0.15) is 13.2 Å². The number of nitrogens with zero attached hydrogens (tertiary/aromatic N) is 1. The van der Waals surface area contributed by atoms with Gasteiger partial charge in [0.15, 0.2) is 0 Å². The summed E-state index contributed by atoms with van der Waals surface area (Å²) in [5.74, 6) is -2.79. The van der Waals surface area contributed by atoms with E-state index in [1.807, 2.05) is 0 Å². The van der Waals surface area contributed by atoms with Crippen LogP contribution in [0.5, 0.6) is 0 Å². The van der Waals surface area contributed by atoms with Crippen LogP contribution < -0.4 is 5.73 Å². The molecule has 0 aliphatic heterocycles. The molecule has 2 nitrogen and oxygen atoms in total. The van der Waals surface area contributed by atoms with Crippen LogP contribution in [-0.4, -0.2) is 17.5 Å². The van der Waals surface area contributed by atoms with E-state index in [2.05, 4.69) is 4.98 Å². The summed E-state index contributed by atoms with van der Waals surface area (Å²) in [5.41, 5.74) is 3.82. The molecule has 1 aliphatic rings. The van der Waals surface area contributed by atoms with Crippen LogP contribution in [0, 0.1) is 0 Å². The van der Waals surface area contributed by atoms with Gasteiger partial charge in [-0.25, -0.2) is 8.78 Å². The number of pyridine rings is 1. The number of alkyl halides is 5. The average Bonchev–Trinajstić information content (AvgIpc) is 2.24. The predicted octanol–water partition coefficient (Wildman–Crippen LogP) is 2.73. The molecule has 2 rings (SSSR count). The second kappa shape index (κ2) is 3.88. The third-order valence-corrected chi connectivity index (χ3v) is 3.25. The highest BCUT2D eigenvalue weighted by Crippen LogP contribution is 2.52. The Kier molecular flexibility index (Phi) is 2.84. The molecule has 7 heteroatoms. The zero-order valence-electron chi connectivity index (χ0n) is 9.27. The van der Waals surface area contributed by atoms with E-state index in [-0.39, 0.29) is 6.54 Å². The van der Waals surface area contributed by atoms with E-state index in [0.717, 1.165) is 12.3 Å². The summed E-state index contributed by atoms with van der Waals surface area (Å²) in [5, 5.41) is 0. The van der Waals surface area contributed by atoms with Crippen molar-refractivity contribution in [3.8, 4) is 0 Å². The van der Waals surface area contributed by atoms with Gasteiger partial charge < -0.3 is 5.73 Å². The molecule has 1 fully saturated rings. The van der Waals surface area contributed by atoms with E-state index in [1.165, 1.54) is 6.07 Å². The Morgan fingerprint density at radius 3 is 2.17 bits per heavy atom. The van der Waals surface area contributed by atoms with Gasteiger partial charge in [-0.15, -0.1) is 0 Å². The van der Waals surface area contributed by atoms with Crippen molar-refractivity contribution in [2.75, 3.05) is 6.54 Å². The van der Waals surface area contributed by atoms with Gasteiger partial charge in [0, 0.05) is 31.0 Å². The Bertz CT molecular complexity index is 430. The van der Waals surface area contributed by atoms with E-state index >= 15 is 0 Å². The summed E-state index contributed by atoms with van der Waals surface area (Å²) in [6.07, 6.45) is -4.42. The van der Waals surface area contributed by atoms with E-state index in [4.69, 9.17) is 5.73 Å². The van der Waals surface area contributed by atoms with Gasteiger partial charge in [0.05, 0.1) is 0 Å². The Hall–Kier alpha value is -1.24. The summed E-state index contributed by atoms with van der Waals surface area (Å²) in [4.78, 5) is 3.27. The smallest absolute Gasteiger partial charge is 0.330 e. The van der Waals surface area contributed by atoms with E-state index in [9.17, 15) is 22.0 Å². The van der Waals surface area contributed by atoms with Crippen LogP contribution in [0.25, 0.3) is 0 Å². The first-order chi connectivity index (χ1) is 8.19.